The molecular weight excluding hydrogens is 414 g/mol. The number of carbonyl (C=O) groups is 2. The summed E-state index contributed by atoms with van der Waals surface area (Å²) in [7, 11) is 0. The summed E-state index contributed by atoms with van der Waals surface area (Å²) in [5.74, 6) is 0.257. The molecule has 32 heavy (non-hydrogen) atoms. The fourth-order valence-corrected chi connectivity index (χ4v) is 3.00. The van der Waals surface area contributed by atoms with Crippen LogP contribution in [0.5, 0.6) is 11.5 Å². The Kier molecular flexibility index (Phi) is 9.81. The predicted molar refractivity (Wildman–Crippen MR) is 120 cm³/mol. The van der Waals surface area contributed by atoms with Gasteiger partial charge in [0.2, 0.25) is 0 Å². The first-order chi connectivity index (χ1) is 15.3. The second kappa shape index (κ2) is 12.6. The van der Waals surface area contributed by atoms with Crippen LogP contribution in [0.15, 0.2) is 42.5 Å². The molecule has 174 valence electrons. The number of nitrogens with one attached hydrogen (secondary N) is 1. The highest BCUT2D eigenvalue weighted by Gasteiger charge is 2.21. The average molecular weight is 446 g/mol. The maximum Gasteiger partial charge on any atom is 0.411 e. The number of carboxylic acid groups (broad SMARTS) is 1. The number of carboxylic acids is 1. The van der Waals surface area contributed by atoms with Crippen LogP contribution in [0.3, 0.4) is 0 Å². The molecule has 0 fully saturated rings. The molecular formula is C24H31NO7. The summed E-state index contributed by atoms with van der Waals surface area (Å²) < 4.78 is 21.8. The van der Waals surface area contributed by atoms with Crippen LogP contribution in [0.25, 0.3) is 0 Å². The van der Waals surface area contributed by atoms with Gasteiger partial charge in [-0.25, -0.2) is 9.59 Å². The number of hydrogen-bond acceptors (Lipinski definition) is 6. The summed E-state index contributed by atoms with van der Waals surface area (Å²) in [6.45, 7) is 8.30. The minimum Gasteiger partial charge on any atom is -0.494 e. The van der Waals surface area contributed by atoms with Crippen molar-refractivity contribution in [2.75, 3.05) is 18.5 Å². The number of aliphatic carboxylic acids is 1. The van der Waals surface area contributed by atoms with E-state index >= 15 is 0 Å². The zero-order valence-electron chi connectivity index (χ0n) is 18.9. The van der Waals surface area contributed by atoms with Gasteiger partial charge in [0, 0.05) is 17.7 Å². The third-order valence-corrected chi connectivity index (χ3v) is 4.33. The fourth-order valence-electron chi connectivity index (χ4n) is 3.00. The first kappa shape index (κ1) is 25.0. The van der Waals surface area contributed by atoms with Crippen LogP contribution in [0.1, 0.15) is 38.8 Å². The zero-order chi connectivity index (χ0) is 23.5. The Hall–Kier alpha value is -3.26. The van der Waals surface area contributed by atoms with Crippen LogP contribution >= 0.6 is 0 Å². The minimum absolute atomic E-state index is 0.0329. The molecule has 2 N–H and O–H groups in total. The van der Waals surface area contributed by atoms with Gasteiger partial charge in [-0.1, -0.05) is 6.07 Å². The van der Waals surface area contributed by atoms with Crippen molar-refractivity contribution in [1.29, 1.82) is 0 Å². The molecule has 1 amide bonds. The molecule has 2 rings (SSSR count). The lowest BCUT2D eigenvalue weighted by atomic mass is 10.0. The van der Waals surface area contributed by atoms with E-state index in [4.69, 9.17) is 18.9 Å². The summed E-state index contributed by atoms with van der Waals surface area (Å²) in [6.07, 6.45) is -1.61. The minimum atomic E-state index is -1.03. The number of anilines is 1. The van der Waals surface area contributed by atoms with Gasteiger partial charge in [0.25, 0.3) is 0 Å². The Morgan fingerprint density at radius 1 is 1.00 bits per heavy atom. The smallest absolute Gasteiger partial charge is 0.411 e. The van der Waals surface area contributed by atoms with Crippen molar-refractivity contribution < 1.29 is 33.6 Å². The van der Waals surface area contributed by atoms with E-state index in [2.05, 4.69) is 5.32 Å². The molecule has 1 unspecified atom stereocenters. The highest BCUT2D eigenvalue weighted by atomic mass is 16.5. The number of carbonyl (C=O) groups excluding carboxylic acids is 1. The molecule has 0 radical (unpaired) electrons. The highest BCUT2D eigenvalue weighted by Crippen LogP contribution is 2.23. The van der Waals surface area contributed by atoms with E-state index in [1.54, 1.807) is 56.3 Å². The van der Waals surface area contributed by atoms with Crippen molar-refractivity contribution in [3.05, 3.63) is 53.6 Å². The van der Waals surface area contributed by atoms with Crippen molar-refractivity contribution >= 4 is 17.7 Å². The monoisotopic (exact) mass is 445 g/mol. The molecule has 2 aromatic carbocycles. The Bertz CT molecular complexity index is 880. The standard InChI is InChI=1S/C24H31NO7/c1-5-29-20-10-8-19(9-11-20)25-24(28)31-15-18-13-17(7-12-21(18)30-6-2)14-22(23(26)27)32-16(3)4/h7-13,16,22H,5-6,14-15H2,1-4H3,(H,25,28)(H,26,27). The average Bonchev–Trinajstić information content (AvgIpc) is 2.74. The van der Waals surface area contributed by atoms with E-state index in [-0.39, 0.29) is 19.1 Å². The van der Waals surface area contributed by atoms with Crippen molar-refractivity contribution in [2.45, 2.75) is 52.9 Å². The molecule has 2 aromatic rings. The Labute approximate surface area is 188 Å². The van der Waals surface area contributed by atoms with Gasteiger partial charge in [0.05, 0.1) is 19.3 Å². The summed E-state index contributed by atoms with van der Waals surface area (Å²) in [4.78, 5) is 23.7. The van der Waals surface area contributed by atoms with Crippen molar-refractivity contribution in [1.82, 2.24) is 0 Å². The molecule has 1 atom stereocenters. The van der Waals surface area contributed by atoms with Crippen LogP contribution in [0.4, 0.5) is 10.5 Å². The normalized spacial score (nSPS) is 11.7. The van der Waals surface area contributed by atoms with Crippen LogP contribution in [0.2, 0.25) is 0 Å². The maximum atomic E-state index is 12.2. The third kappa shape index (κ3) is 8.11. The lowest BCUT2D eigenvalue weighted by Crippen LogP contribution is -2.29. The van der Waals surface area contributed by atoms with Gasteiger partial charge in [0.1, 0.15) is 18.1 Å². The third-order valence-electron chi connectivity index (χ3n) is 4.33. The summed E-state index contributed by atoms with van der Waals surface area (Å²) >= 11 is 0. The van der Waals surface area contributed by atoms with Crippen LogP contribution in [-0.2, 0) is 27.3 Å². The summed E-state index contributed by atoms with van der Waals surface area (Å²) in [5.41, 5.74) is 1.96. The molecule has 8 nitrogen and oxygen atoms in total. The lowest BCUT2D eigenvalue weighted by molar-refractivity contribution is -0.153. The van der Waals surface area contributed by atoms with E-state index in [0.29, 0.717) is 36.0 Å². The quantitative estimate of drug-likeness (QED) is 0.490. The van der Waals surface area contributed by atoms with Crippen molar-refractivity contribution in [3.63, 3.8) is 0 Å². The molecule has 0 aliphatic heterocycles. The molecule has 0 spiro atoms. The van der Waals surface area contributed by atoms with E-state index in [9.17, 15) is 14.7 Å². The van der Waals surface area contributed by atoms with E-state index < -0.39 is 18.2 Å². The topological polar surface area (TPSA) is 103 Å². The predicted octanol–water partition coefficient (Wildman–Crippen LogP) is 4.65. The number of ether oxygens (including phenoxy) is 4. The Morgan fingerprint density at radius 3 is 2.28 bits per heavy atom. The van der Waals surface area contributed by atoms with Gasteiger partial charge < -0.3 is 24.1 Å². The SMILES string of the molecule is CCOc1ccc(NC(=O)OCc2cc(CC(OC(C)C)C(=O)O)ccc2OCC)cc1. The van der Waals surface area contributed by atoms with E-state index in [0.717, 1.165) is 5.56 Å². The lowest BCUT2D eigenvalue weighted by Gasteiger charge is -2.18. The van der Waals surface area contributed by atoms with Crippen LogP contribution < -0.4 is 14.8 Å². The molecule has 0 aromatic heterocycles. The molecule has 0 saturated carbocycles. The van der Waals surface area contributed by atoms with Gasteiger partial charge in [-0.15, -0.1) is 0 Å². The molecule has 0 aliphatic carbocycles. The van der Waals surface area contributed by atoms with E-state index in [1.165, 1.54) is 0 Å². The van der Waals surface area contributed by atoms with Crippen molar-refractivity contribution in [2.24, 2.45) is 0 Å². The molecule has 0 heterocycles. The second-order valence-electron chi connectivity index (χ2n) is 7.25. The zero-order valence-corrected chi connectivity index (χ0v) is 18.9. The number of hydrogen-bond donors (Lipinski definition) is 2. The molecule has 0 saturated heterocycles. The fraction of sp³-hybridized carbons (Fsp3) is 0.417. The first-order valence-electron chi connectivity index (χ1n) is 10.6. The van der Waals surface area contributed by atoms with Gasteiger partial charge in [0.15, 0.2) is 6.10 Å². The summed E-state index contributed by atoms with van der Waals surface area (Å²) in [6, 6.07) is 12.3. The first-order valence-corrected chi connectivity index (χ1v) is 10.6. The number of benzene rings is 2. The van der Waals surface area contributed by atoms with Crippen LogP contribution in [0, 0.1) is 0 Å². The second-order valence-corrected chi connectivity index (χ2v) is 7.25. The highest BCUT2D eigenvalue weighted by molar-refractivity contribution is 5.84. The summed E-state index contributed by atoms with van der Waals surface area (Å²) in [5, 5.41) is 12.1. The van der Waals surface area contributed by atoms with Crippen LogP contribution in [-0.4, -0.2) is 42.6 Å². The maximum absolute atomic E-state index is 12.2. The molecule has 8 heteroatoms. The molecule has 0 bridgehead atoms. The number of amides is 1. The van der Waals surface area contributed by atoms with Gasteiger partial charge >= 0.3 is 12.1 Å². The number of rotatable bonds is 12. The molecule has 0 aliphatic rings. The Balaban J connectivity index is 2.05. The Morgan fingerprint density at radius 2 is 1.69 bits per heavy atom. The largest absolute Gasteiger partial charge is 0.494 e. The van der Waals surface area contributed by atoms with Gasteiger partial charge in [-0.05, 0) is 69.7 Å². The van der Waals surface area contributed by atoms with Gasteiger partial charge in [-0.2, -0.15) is 0 Å². The van der Waals surface area contributed by atoms with E-state index in [1.807, 2.05) is 13.8 Å². The van der Waals surface area contributed by atoms with Gasteiger partial charge in [-0.3, -0.25) is 5.32 Å². The van der Waals surface area contributed by atoms with Crippen molar-refractivity contribution in [3.8, 4) is 11.5 Å².